The van der Waals surface area contributed by atoms with Gasteiger partial charge in [-0.15, -0.1) is 0 Å². The Morgan fingerprint density at radius 3 is 2.67 bits per heavy atom. The zero-order valence-electron chi connectivity index (χ0n) is 9.16. The second-order valence-electron chi connectivity index (χ2n) is 3.49. The van der Waals surface area contributed by atoms with Gasteiger partial charge in [0.15, 0.2) is 5.65 Å². The molecular weight excluding hydrogens is 192 g/mol. The zero-order chi connectivity index (χ0) is 11.0. The number of nitrogens with zero attached hydrogens (tertiary/aromatic N) is 3. The molecule has 5 heteroatoms. The Morgan fingerprint density at radius 2 is 2.07 bits per heavy atom. The van der Waals surface area contributed by atoms with Crippen molar-refractivity contribution in [3.63, 3.8) is 0 Å². The van der Waals surface area contributed by atoms with Crippen molar-refractivity contribution in [2.75, 3.05) is 0 Å². The van der Waals surface area contributed by atoms with E-state index in [1.54, 1.807) is 4.40 Å². The number of hydrogen-bond donors (Lipinski definition) is 1. The van der Waals surface area contributed by atoms with Crippen LogP contribution in [0.3, 0.4) is 0 Å². The molecule has 2 rings (SSSR count). The number of aromatic amines is 1. The van der Waals surface area contributed by atoms with Crippen LogP contribution in [0.15, 0.2) is 4.79 Å². The van der Waals surface area contributed by atoms with Gasteiger partial charge in [0.25, 0.3) is 0 Å². The lowest BCUT2D eigenvalue weighted by Gasteiger charge is -2.07. The van der Waals surface area contributed by atoms with Crippen LogP contribution in [0.5, 0.6) is 0 Å². The summed E-state index contributed by atoms with van der Waals surface area (Å²) in [5, 5.41) is 6.51. The molecule has 0 saturated carbocycles. The molecule has 2 aromatic heterocycles. The average molecular weight is 206 g/mol. The molecule has 5 nitrogen and oxygen atoms in total. The normalized spacial score (nSPS) is 11.1. The molecule has 0 aliphatic carbocycles. The van der Waals surface area contributed by atoms with Crippen molar-refractivity contribution in [1.82, 2.24) is 19.6 Å². The summed E-state index contributed by atoms with van der Waals surface area (Å²) in [4.78, 5) is 16.0. The molecular formula is C10H14N4O. The van der Waals surface area contributed by atoms with E-state index in [9.17, 15) is 4.79 Å². The number of aryl methyl sites for hydroxylation is 3. The molecule has 0 aliphatic heterocycles. The fraction of sp³-hybridized carbons (Fsp3) is 0.500. The van der Waals surface area contributed by atoms with Gasteiger partial charge < -0.3 is 0 Å². The molecule has 0 saturated heterocycles. The lowest BCUT2D eigenvalue weighted by atomic mass is 10.2. The van der Waals surface area contributed by atoms with Gasteiger partial charge in [-0.1, -0.05) is 13.8 Å². The SMILES string of the molecule is CCc1c(C)nc(CC)n2c(=O)[nH]nc12. The average Bonchev–Trinajstić information content (AvgIpc) is 2.60. The number of hydrogen-bond acceptors (Lipinski definition) is 3. The molecule has 0 unspecified atom stereocenters. The molecule has 80 valence electrons. The highest BCUT2D eigenvalue weighted by molar-refractivity contribution is 5.49. The maximum absolute atomic E-state index is 11.5. The van der Waals surface area contributed by atoms with Gasteiger partial charge >= 0.3 is 5.69 Å². The van der Waals surface area contributed by atoms with E-state index in [1.807, 2.05) is 20.8 Å². The molecule has 2 heterocycles. The van der Waals surface area contributed by atoms with E-state index in [0.29, 0.717) is 5.65 Å². The molecule has 2 aromatic rings. The van der Waals surface area contributed by atoms with Crippen molar-refractivity contribution in [2.45, 2.75) is 33.6 Å². The minimum atomic E-state index is -0.205. The van der Waals surface area contributed by atoms with Gasteiger partial charge in [-0.2, -0.15) is 5.10 Å². The third kappa shape index (κ3) is 1.35. The molecule has 0 radical (unpaired) electrons. The van der Waals surface area contributed by atoms with Crippen molar-refractivity contribution in [2.24, 2.45) is 0 Å². The van der Waals surface area contributed by atoms with E-state index in [-0.39, 0.29) is 5.69 Å². The van der Waals surface area contributed by atoms with E-state index >= 15 is 0 Å². The van der Waals surface area contributed by atoms with Gasteiger partial charge in [0.05, 0.1) is 0 Å². The van der Waals surface area contributed by atoms with Crippen LogP contribution in [0.1, 0.15) is 30.9 Å². The largest absolute Gasteiger partial charge is 0.349 e. The summed E-state index contributed by atoms with van der Waals surface area (Å²) in [5.74, 6) is 0.762. The smallest absolute Gasteiger partial charge is 0.246 e. The predicted octanol–water partition coefficient (Wildman–Crippen LogP) is 0.851. The standard InChI is InChI=1S/C10H14N4O/c1-4-7-6(3)11-8(5-2)14-9(7)12-13-10(14)15/h4-5H2,1-3H3,(H,13,15). The van der Waals surface area contributed by atoms with Gasteiger partial charge in [0.1, 0.15) is 5.82 Å². The summed E-state index contributed by atoms with van der Waals surface area (Å²) in [6.45, 7) is 5.97. The van der Waals surface area contributed by atoms with Crippen LogP contribution < -0.4 is 5.69 Å². The van der Waals surface area contributed by atoms with E-state index in [2.05, 4.69) is 15.2 Å². The van der Waals surface area contributed by atoms with Gasteiger partial charge in [0.2, 0.25) is 0 Å². The Kier molecular flexibility index (Phi) is 2.30. The van der Waals surface area contributed by atoms with Crippen LogP contribution in [-0.4, -0.2) is 19.6 Å². The van der Waals surface area contributed by atoms with Crippen LogP contribution >= 0.6 is 0 Å². The van der Waals surface area contributed by atoms with E-state index in [0.717, 1.165) is 29.9 Å². The number of nitrogens with one attached hydrogen (secondary N) is 1. The van der Waals surface area contributed by atoms with Crippen molar-refractivity contribution in [3.8, 4) is 0 Å². The second kappa shape index (κ2) is 3.49. The van der Waals surface area contributed by atoms with Crippen LogP contribution in [0.4, 0.5) is 0 Å². The Labute approximate surface area is 87.2 Å². The van der Waals surface area contributed by atoms with Crippen molar-refractivity contribution in [1.29, 1.82) is 0 Å². The first-order valence-electron chi connectivity index (χ1n) is 5.14. The molecule has 15 heavy (non-hydrogen) atoms. The zero-order valence-corrected chi connectivity index (χ0v) is 9.16. The third-order valence-electron chi connectivity index (χ3n) is 2.60. The minimum absolute atomic E-state index is 0.205. The fourth-order valence-electron chi connectivity index (χ4n) is 1.86. The molecule has 0 aromatic carbocycles. The monoisotopic (exact) mass is 206 g/mol. The quantitative estimate of drug-likeness (QED) is 0.792. The van der Waals surface area contributed by atoms with Crippen LogP contribution in [0, 0.1) is 6.92 Å². The molecule has 1 N–H and O–H groups in total. The first-order valence-corrected chi connectivity index (χ1v) is 5.14. The Hall–Kier alpha value is -1.65. The minimum Gasteiger partial charge on any atom is -0.246 e. The maximum atomic E-state index is 11.5. The summed E-state index contributed by atoms with van der Waals surface area (Å²) in [6, 6.07) is 0. The Balaban J connectivity index is 2.94. The number of aromatic nitrogens is 4. The third-order valence-corrected chi connectivity index (χ3v) is 2.60. The highest BCUT2D eigenvalue weighted by Gasteiger charge is 2.12. The molecule has 0 fully saturated rings. The van der Waals surface area contributed by atoms with E-state index < -0.39 is 0 Å². The second-order valence-corrected chi connectivity index (χ2v) is 3.49. The van der Waals surface area contributed by atoms with Gasteiger partial charge in [-0.3, -0.25) is 0 Å². The Bertz CT molecular complexity index is 552. The number of rotatable bonds is 2. The summed E-state index contributed by atoms with van der Waals surface area (Å²) in [6.07, 6.45) is 1.55. The van der Waals surface area contributed by atoms with Crippen molar-refractivity contribution >= 4 is 5.65 Å². The highest BCUT2D eigenvalue weighted by atomic mass is 16.1. The maximum Gasteiger partial charge on any atom is 0.349 e. The predicted molar refractivity (Wildman–Crippen MR) is 57.1 cm³/mol. The van der Waals surface area contributed by atoms with Crippen LogP contribution in [0.2, 0.25) is 0 Å². The van der Waals surface area contributed by atoms with Crippen molar-refractivity contribution < 1.29 is 0 Å². The summed E-state index contributed by atoms with van der Waals surface area (Å²) in [5.41, 5.74) is 2.50. The van der Waals surface area contributed by atoms with Crippen molar-refractivity contribution in [3.05, 3.63) is 27.6 Å². The molecule has 0 spiro atoms. The lowest BCUT2D eigenvalue weighted by molar-refractivity contribution is 0.838. The molecule has 0 amide bonds. The summed E-state index contributed by atoms with van der Waals surface area (Å²) < 4.78 is 1.56. The fourth-order valence-corrected chi connectivity index (χ4v) is 1.86. The van der Waals surface area contributed by atoms with E-state index in [1.165, 1.54) is 0 Å². The topological polar surface area (TPSA) is 63.1 Å². The molecule has 0 bridgehead atoms. The van der Waals surface area contributed by atoms with Gasteiger partial charge in [-0.25, -0.2) is 19.3 Å². The summed E-state index contributed by atoms with van der Waals surface area (Å²) in [7, 11) is 0. The number of fused-ring (bicyclic) bond motifs is 1. The van der Waals surface area contributed by atoms with Gasteiger partial charge in [-0.05, 0) is 13.3 Å². The van der Waals surface area contributed by atoms with Crippen LogP contribution in [0.25, 0.3) is 5.65 Å². The molecule has 0 atom stereocenters. The van der Waals surface area contributed by atoms with Crippen LogP contribution in [-0.2, 0) is 12.8 Å². The Morgan fingerprint density at radius 1 is 1.33 bits per heavy atom. The van der Waals surface area contributed by atoms with Gasteiger partial charge in [0, 0.05) is 17.7 Å². The first-order chi connectivity index (χ1) is 7.19. The first kappa shape index (κ1) is 9.89. The summed E-state index contributed by atoms with van der Waals surface area (Å²) >= 11 is 0. The lowest BCUT2D eigenvalue weighted by Crippen LogP contribution is -2.16. The highest BCUT2D eigenvalue weighted by Crippen LogP contribution is 2.12. The molecule has 0 aliphatic rings. The number of H-pyrrole nitrogens is 1. The van der Waals surface area contributed by atoms with E-state index in [4.69, 9.17) is 0 Å².